The number of nitrogens with two attached hydrogens (primary N) is 1. The Morgan fingerprint density at radius 1 is 1.14 bits per heavy atom. The zero-order valence-electron chi connectivity index (χ0n) is 20.5. The molecule has 2 amide bonds. The zero-order chi connectivity index (χ0) is 26.0. The van der Waals surface area contributed by atoms with Gasteiger partial charge >= 0.3 is 0 Å². The van der Waals surface area contributed by atoms with Gasteiger partial charge in [0.2, 0.25) is 12.5 Å². The molecule has 0 atom stereocenters. The molecule has 2 aromatic carbocycles. The number of primary amides is 1. The number of piperidine rings is 1. The molecule has 1 saturated heterocycles. The van der Waals surface area contributed by atoms with Gasteiger partial charge in [0.1, 0.15) is 16.9 Å². The summed E-state index contributed by atoms with van der Waals surface area (Å²) >= 11 is 0. The molecule has 1 aliphatic carbocycles. The first-order valence-electron chi connectivity index (χ1n) is 12.5. The van der Waals surface area contributed by atoms with Crippen LogP contribution in [0.2, 0.25) is 0 Å². The summed E-state index contributed by atoms with van der Waals surface area (Å²) in [5.41, 5.74) is 8.12. The van der Waals surface area contributed by atoms with E-state index in [9.17, 15) is 14.0 Å². The van der Waals surface area contributed by atoms with Gasteiger partial charge in [-0.2, -0.15) is 5.10 Å². The van der Waals surface area contributed by atoms with Crippen LogP contribution in [0.4, 0.5) is 10.2 Å². The number of likely N-dealkylation sites (tertiary alicyclic amines) is 1. The summed E-state index contributed by atoms with van der Waals surface area (Å²) in [5.74, 6) is -0.918. The maximum Gasteiger partial charge on any atom is 0.254 e. The highest BCUT2D eigenvalue weighted by molar-refractivity contribution is 6.02. The van der Waals surface area contributed by atoms with Crippen LogP contribution in [-0.4, -0.2) is 46.1 Å². The molecule has 5 rings (SSSR count). The highest BCUT2D eigenvalue weighted by Gasteiger charge is 2.41. The molecule has 8 nitrogen and oxygen atoms in total. The minimum atomic E-state index is -0.658. The van der Waals surface area contributed by atoms with E-state index in [0.29, 0.717) is 12.8 Å². The van der Waals surface area contributed by atoms with E-state index in [2.05, 4.69) is 32.3 Å². The number of carbonyl (C=O) groups is 2. The van der Waals surface area contributed by atoms with E-state index in [1.807, 2.05) is 18.2 Å². The SMILES string of the molecule is [C-]#[N+]CC1(n2cc(C(N)=O)c(NC(=O)C3CC3)n2)CCN(Cc2ccc(-c3cccc(F)c3)cc2)CC1. The van der Waals surface area contributed by atoms with Crippen LogP contribution < -0.4 is 11.1 Å². The number of benzene rings is 2. The standard InChI is InChI=1S/C28H29FN6O2/c1-31-18-28(35-17-24(25(30)36)26(33-35)32-27(37)21-9-10-21)11-13-34(14-12-28)16-19-5-7-20(8-6-19)22-3-2-4-23(29)15-22/h2-8,15,17,21H,9-14,16,18H2,(H2,30,36)(H,32,33,37). The van der Waals surface area contributed by atoms with Crippen LogP contribution in [0, 0.1) is 18.3 Å². The Labute approximate surface area is 215 Å². The summed E-state index contributed by atoms with van der Waals surface area (Å²) in [5, 5.41) is 7.30. The lowest BCUT2D eigenvalue weighted by Gasteiger charge is -2.38. The first-order chi connectivity index (χ1) is 17.9. The minimum Gasteiger partial charge on any atom is -0.365 e. The van der Waals surface area contributed by atoms with Gasteiger partial charge < -0.3 is 15.9 Å². The summed E-state index contributed by atoms with van der Waals surface area (Å²) in [6, 6.07) is 14.7. The van der Waals surface area contributed by atoms with E-state index in [1.165, 1.54) is 12.1 Å². The smallest absolute Gasteiger partial charge is 0.254 e. The third-order valence-electron chi connectivity index (χ3n) is 7.33. The van der Waals surface area contributed by atoms with Crippen molar-refractivity contribution in [2.24, 2.45) is 11.7 Å². The van der Waals surface area contributed by atoms with Gasteiger partial charge in [-0.05, 0) is 54.5 Å². The van der Waals surface area contributed by atoms with Crippen LogP contribution in [0.15, 0.2) is 54.7 Å². The van der Waals surface area contributed by atoms with Gasteiger partial charge in [-0.15, -0.1) is 0 Å². The van der Waals surface area contributed by atoms with Gasteiger partial charge in [0, 0.05) is 31.7 Å². The van der Waals surface area contributed by atoms with Gasteiger partial charge in [0.15, 0.2) is 5.82 Å². The maximum atomic E-state index is 13.6. The molecule has 1 aliphatic heterocycles. The molecule has 0 bridgehead atoms. The number of amides is 2. The van der Waals surface area contributed by atoms with Crippen molar-refractivity contribution in [2.45, 2.75) is 37.8 Å². The quantitative estimate of drug-likeness (QED) is 0.456. The molecule has 3 N–H and O–H groups in total. The second-order valence-corrected chi connectivity index (χ2v) is 9.99. The highest BCUT2D eigenvalue weighted by atomic mass is 19.1. The Bertz CT molecular complexity index is 1350. The number of rotatable bonds is 8. The topological polar surface area (TPSA) is 97.6 Å². The Morgan fingerprint density at radius 3 is 2.49 bits per heavy atom. The van der Waals surface area contributed by atoms with Crippen LogP contribution in [0.1, 0.15) is 41.6 Å². The van der Waals surface area contributed by atoms with E-state index in [4.69, 9.17) is 12.3 Å². The maximum absolute atomic E-state index is 13.6. The molecule has 0 radical (unpaired) electrons. The molecule has 2 fully saturated rings. The van der Waals surface area contributed by atoms with E-state index in [1.54, 1.807) is 16.9 Å². The van der Waals surface area contributed by atoms with E-state index in [-0.39, 0.29) is 35.6 Å². The number of nitrogens with zero attached hydrogens (tertiary/aromatic N) is 4. The fraction of sp³-hybridized carbons (Fsp3) is 0.357. The second-order valence-electron chi connectivity index (χ2n) is 9.99. The third kappa shape index (κ3) is 5.39. The Morgan fingerprint density at radius 2 is 1.86 bits per heavy atom. The molecule has 9 heteroatoms. The lowest BCUT2D eigenvalue weighted by Crippen LogP contribution is -2.47. The molecule has 190 valence electrons. The van der Waals surface area contributed by atoms with E-state index in [0.717, 1.165) is 49.2 Å². The van der Waals surface area contributed by atoms with Crippen LogP contribution in [0.3, 0.4) is 0 Å². The van der Waals surface area contributed by atoms with Crippen molar-refractivity contribution < 1.29 is 14.0 Å². The van der Waals surface area contributed by atoms with Crippen LogP contribution in [-0.2, 0) is 16.9 Å². The first-order valence-corrected chi connectivity index (χ1v) is 12.5. The normalized spacial score (nSPS) is 17.2. The summed E-state index contributed by atoms with van der Waals surface area (Å²) in [6.45, 7) is 10.0. The van der Waals surface area contributed by atoms with Gasteiger partial charge in [0.05, 0.1) is 0 Å². The number of hydrogen-bond donors (Lipinski definition) is 2. The molecular formula is C28H29FN6O2. The summed E-state index contributed by atoms with van der Waals surface area (Å²) < 4.78 is 15.2. The molecule has 0 spiro atoms. The second kappa shape index (κ2) is 10.1. The van der Waals surface area contributed by atoms with E-state index >= 15 is 0 Å². The van der Waals surface area contributed by atoms with Gasteiger partial charge in [-0.25, -0.2) is 11.0 Å². The number of aromatic nitrogens is 2. The van der Waals surface area contributed by atoms with Crippen molar-refractivity contribution in [3.63, 3.8) is 0 Å². The summed E-state index contributed by atoms with van der Waals surface area (Å²) in [7, 11) is 0. The molecule has 1 saturated carbocycles. The number of hydrogen-bond acceptors (Lipinski definition) is 4. The number of anilines is 1. The van der Waals surface area contributed by atoms with Gasteiger partial charge in [0.25, 0.3) is 5.91 Å². The monoisotopic (exact) mass is 500 g/mol. The fourth-order valence-corrected chi connectivity index (χ4v) is 4.92. The number of carbonyl (C=O) groups excluding carboxylic acids is 2. The lowest BCUT2D eigenvalue weighted by atomic mass is 9.87. The highest BCUT2D eigenvalue weighted by Crippen LogP contribution is 2.34. The molecule has 1 aromatic heterocycles. The lowest BCUT2D eigenvalue weighted by molar-refractivity contribution is -0.117. The summed E-state index contributed by atoms with van der Waals surface area (Å²) in [4.78, 5) is 30.4. The average molecular weight is 501 g/mol. The van der Waals surface area contributed by atoms with Crippen molar-refractivity contribution in [1.82, 2.24) is 14.7 Å². The van der Waals surface area contributed by atoms with Crippen molar-refractivity contribution in [1.29, 1.82) is 0 Å². The van der Waals surface area contributed by atoms with E-state index < -0.39 is 11.4 Å². The van der Waals surface area contributed by atoms with Crippen molar-refractivity contribution >= 4 is 17.6 Å². The summed E-state index contributed by atoms with van der Waals surface area (Å²) in [6.07, 6.45) is 4.60. The predicted molar refractivity (Wildman–Crippen MR) is 138 cm³/mol. The molecular weight excluding hydrogens is 471 g/mol. The van der Waals surface area contributed by atoms with Crippen LogP contribution >= 0.6 is 0 Å². The molecule has 2 aliphatic rings. The Balaban J connectivity index is 1.27. The third-order valence-corrected chi connectivity index (χ3v) is 7.33. The predicted octanol–water partition coefficient (Wildman–Crippen LogP) is 4.05. The molecule has 2 heterocycles. The van der Waals surface area contributed by atoms with Gasteiger partial charge in [-0.1, -0.05) is 36.4 Å². The van der Waals surface area contributed by atoms with Crippen molar-refractivity contribution in [2.75, 3.05) is 25.0 Å². The number of nitrogens with one attached hydrogen (secondary N) is 1. The Hall–Kier alpha value is -4.03. The average Bonchev–Trinajstić information content (AvgIpc) is 3.66. The zero-order valence-corrected chi connectivity index (χ0v) is 20.5. The number of halogens is 1. The molecule has 0 unspecified atom stereocenters. The first kappa shape index (κ1) is 24.7. The van der Waals surface area contributed by atoms with Crippen molar-refractivity contribution in [3.05, 3.63) is 83.1 Å². The van der Waals surface area contributed by atoms with Gasteiger partial charge in [-0.3, -0.25) is 19.2 Å². The van der Waals surface area contributed by atoms with Crippen LogP contribution in [0.25, 0.3) is 16.0 Å². The minimum absolute atomic E-state index is 0.0331. The largest absolute Gasteiger partial charge is 0.365 e. The fourth-order valence-electron chi connectivity index (χ4n) is 4.92. The van der Waals surface area contributed by atoms with Crippen molar-refractivity contribution in [3.8, 4) is 11.1 Å². The molecule has 37 heavy (non-hydrogen) atoms. The Kier molecular flexibility index (Phi) is 6.76. The van der Waals surface area contributed by atoms with Crippen LogP contribution in [0.5, 0.6) is 0 Å². The molecule has 3 aromatic rings.